The average Bonchev–Trinajstić information content (AvgIpc) is 2.87. The van der Waals surface area contributed by atoms with Gasteiger partial charge >= 0.3 is 0 Å². The summed E-state index contributed by atoms with van der Waals surface area (Å²) < 4.78 is 1.91. The molecule has 7 heteroatoms. The fourth-order valence-electron chi connectivity index (χ4n) is 1.62. The van der Waals surface area contributed by atoms with Crippen LogP contribution in [0, 0.1) is 5.92 Å². The van der Waals surface area contributed by atoms with Gasteiger partial charge in [0.05, 0.1) is 6.54 Å². The minimum absolute atomic E-state index is 0. The predicted molar refractivity (Wildman–Crippen MR) is 88.9 cm³/mol. The highest BCUT2D eigenvalue weighted by atomic mass is 35.5. The number of nitrogens with zero attached hydrogens (tertiary/aromatic N) is 2. The van der Waals surface area contributed by atoms with E-state index in [-0.39, 0.29) is 24.2 Å². The zero-order valence-corrected chi connectivity index (χ0v) is 13.9. The molecule has 0 aliphatic rings. The maximum atomic E-state index is 11.8. The monoisotopic (exact) mass is 345 g/mol. The van der Waals surface area contributed by atoms with Crippen molar-refractivity contribution < 1.29 is 4.79 Å². The number of carbonyl (C=O) groups is 1. The van der Waals surface area contributed by atoms with Crippen LogP contribution in [0.2, 0.25) is 5.02 Å². The Hall–Kier alpha value is -1.14. The van der Waals surface area contributed by atoms with Crippen LogP contribution in [-0.2, 0) is 11.3 Å². The molecule has 1 aromatic carbocycles. The second-order valence-corrected chi connectivity index (χ2v) is 5.77. The van der Waals surface area contributed by atoms with E-state index in [2.05, 4.69) is 4.99 Å². The molecule has 0 spiro atoms. The number of benzene rings is 1. The number of halogens is 2. The number of nitrogens with two attached hydrogens (primary N) is 1. The largest absolute Gasteiger partial charge is 0.330 e. The van der Waals surface area contributed by atoms with Crippen molar-refractivity contribution in [3.8, 4) is 0 Å². The minimum Gasteiger partial charge on any atom is -0.330 e. The van der Waals surface area contributed by atoms with Crippen molar-refractivity contribution in [2.45, 2.75) is 13.5 Å². The summed E-state index contributed by atoms with van der Waals surface area (Å²) in [4.78, 5) is 16.6. The molecule has 2 N–H and O–H groups in total. The summed E-state index contributed by atoms with van der Waals surface area (Å²) in [7, 11) is 0. The van der Waals surface area contributed by atoms with E-state index in [4.69, 9.17) is 17.3 Å². The molecule has 0 aliphatic carbocycles. The molecule has 0 radical (unpaired) electrons. The van der Waals surface area contributed by atoms with E-state index in [0.29, 0.717) is 22.9 Å². The lowest BCUT2D eigenvalue weighted by Crippen LogP contribution is -2.23. The Kier molecular flexibility index (Phi) is 7.11. The molecule has 1 unspecified atom stereocenters. The third-order valence-corrected chi connectivity index (χ3v) is 4.10. The first-order valence-electron chi connectivity index (χ1n) is 6.27. The summed E-state index contributed by atoms with van der Waals surface area (Å²) in [6.07, 6.45) is 1.90. The molecule has 2 rings (SSSR count). The molecular formula is C14H17Cl2N3OS. The van der Waals surface area contributed by atoms with E-state index in [1.165, 1.54) is 11.3 Å². The van der Waals surface area contributed by atoms with Crippen LogP contribution in [0.3, 0.4) is 0 Å². The van der Waals surface area contributed by atoms with Gasteiger partial charge in [0.2, 0.25) is 0 Å². The number of thiazole rings is 1. The Morgan fingerprint density at radius 1 is 1.48 bits per heavy atom. The summed E-state index contributed by atoms with van der Waals surface area (Å²) in [6, 6.07) is 7.64. The first-order valence-corrected chi connectivity index (χ1v) is 7.53. The number of aromatic nitrogens is 1. The van der Waals surface area contributed by atoms with Gasteiger partial charge in [-0.25, -0.2) is 0 Å². The summed E-state index contributed by atoms with van der Waals surface area (Å²) in [5.41, 5.74) is 6.48. The molecule has 0 aliphatic heterocycles. The van der Waals surface area contributed by atoms with E-state index in [1.807, 2.05) is 40.4 Å². The molecule has 0 saturated carbocycles. The Morgan fingerprint density at radius 3 is 2.86 bits per heavy atom. The molecule has 114 valence electrons. The number of carbonyl (C=O) groups excluding carboxylic acids is 1. The van der Waals surface area contributed by atoms with Crippen LogP contribution < -0.4 is 10.5 Å². The van der Waals surface area contributed by atoms with Crippen molar-refractivity contribution in [2.24, 2.45) is 16.6 Å². The van der Waals surface area contributed by atoms with Crippen LogP contribution in [-0.4, -0.2) is 17.0 Å². The first-order chi connectivity index (χ1) is 9.61. The Labute approximate surface area is 138 Å². The van der Waals surface area contributed by atoms with Crippen molar-refractivity contribution in [3.05, 3.63) is 51.2 Å². The summed E-state index contributed by atoms with van der Waals surface area (Å²) in [5.74, 6) is -0.450. The normalized spacial score (nSPS) is 12.8. The van der Waals surface area contributed by atoms with Crippen molar-refractivity contribution in [1.82, 2.24) is 4.57 Å². The van der Waals surface area contributed by atoms with E-state index in [9.17, 15) is 4.79 Å². The molecule has 0 saturated heterocycles. The van der Waals surface area contributed by atoms with Gasteiger partial charge in [0.25, 0.3) is 5.91 Å². The summed E-state index contributed by atoms with van der Waals surface area (Å²) in [6.45, 7) is 2.67. The molecule has 0 fully saturated rings. The summed E-state index contributed by atoms with van der Waals surface area (Å²) >= 11 is 7.57. The second-order valence-electron chi connectivity index (χ2n) is 4.49. The lowest BCUT2D eigenvalue weighted by molar-refractivity contribution is -0.121. The second kappa shape index (κ2) is 8.34. The molecule has 4 nitrogen and oxygen atoms in total. The molecule has 2 aromatic rings. The van der Waals surface area contributed by atoms with Gasteiger partial charge in [-0.15, -0.1) is 23.7 Å². The number of hydrogen-bond acceptors (Lipinski definition) is 3. The average molecular weight is 346 g/mol. The van der Waals surface area contributed by atoms with Crippen LogP contribution in [0.15, 0.2) is 40.8 Å². The Morgan fingerprint density at radius 2 is 2.19 bits per heavy atom. The zero-order valence-electron chi connectivity index (χ0n) is 11.5. The molecule has 1 atom stereocenters. The van der Waals surface area contributed by atoms with Crippen LogP contribution in [0.5, 0.6) is 0 Å². The van der Waals surface area contributed by atoms with Crippen LogP contribution in [0.4, 0.5) is 0 Å². The van der Waals surface area contributed by atoms with Crippen LogP contribution in [0.1, 0.15) is 12.5 Å². The van der Waals surface area contributed by atoms with Crippen molar-refractivity contribution in [1.29, 1.82) is 0 Å². The van der Waals surface area contributed by atoms with Gasteiger partial charge in [-0.3, -0.25) is 4.79 Å². The highest BCUT2D eigenvalue weighted by Crippen LogP contribution is 2.15. The smallest absolute Gasteiger partial charge is 0.252 e. The molecule has 0 bridgehead atoms. The number of rotatable bonds is 4. The van der Waals surface area contributed by atoms with Gasteiger partial charge in [-0.05, 0) is 11.6 Å². The zero-order chi connectivity index (χ0) is 14.5. The standard InChI is InChI=1S/C14H16ClN3OS.ClH/c1-10(8-16)13(19)17-14-18(6-7-20-14)9-11-4-2-3-5-12(11)15;/h2-7,10H,8-9,16H2,1H3;1H. The van der Waals surface area contributed by atoms with Gasteiger partial charge in [0.15, 0.2) is 4.80 Å². The first kappa shape index (κ1) is 17.9. The Balaban J connectivity index is 0.00000220. The van der Waals surface area contributed by atoms with Gasteiger partial charge in [-0.2, -0.15) is 4.99 Å². The topological polar surface area (TPSA) is 60.4 Å². The number of amides is 1. The molecule has 1 heterocycles. The van der Waals surface area contributed by atoms with Gasteiger partial charge < -0.3 is 10.3 Å². The molecular weight excluding hydrogens is 329 g/mol. The van der Waals surface area contributed by atoms with Crippen LogP contribution in [0.25, 0.3) is 0 Å². The quantitative estimate of drug-likeness (QED) is 0.925. The van der Waals surface area contributed by atoms with Crippen molar-refractivity contribution >= 4 is 41.3 Å². The van der Waals surface area contributed by atoms with Crippen molar-refractivity contribution in [3.63, 3.8) is 0 Å². The lowest BCUT2D eigenvalue weighted by Gasteiger charge is -2.06. The third kappa shape index (κ3) is 4.68. The van der Waals surface area contributed by atoms with Crippen LogP contribution >= 0.6 is 35.3 Å². The number of hydrogen-bond donors (Lipinski definition) is 1. The lowest BCUT2D eigenvalue weighted by atomic mass is 10.2. The molecule has 1 amide bonds. The van der Waals surface area contributed by atoms with E-state index >= 15 is 0 Å². The maximum absolute atomic E-state index is 11.8. The fraction of sp³-hybridized carbons (Fsp3) is 0.286. The highest BCUT2D eigenvalue weighted by Gasteiger charge is 2.10. The molecule has 1 aromatic heterocycles. The maximum Gasteiger partial charge on any atom is 0.252 e. The van der Waals surface area contributed by atoms with E-state index in [0.717, 1.165) is 5.56 Å². The fourth-order valence-corrected chi connectivity index (χ4v) is 2.55. The third-order valence-electron chi connectivity index (χ3n) is 2.94. The Bertz CT molecular complexity index is 666. The van der Waals surface area contributed by atoms with Gasteiger partial charge in [-0.1, -0.05) is 36.7 Å². The SMILES string of the molecule is CC(CN)C(=O)N=c1sccn1Cc1ccccc1Cl.Cl. The minimum atomic E-state index is -0.258. The molecule has 21 heavy (non-hydrogen) atoms. The van der Waals surface area contributed by atoms with Gasteiger partial charge in [0.1, 0.15) is 0 Å². The van der Waals surface area contributed by atoms with E-state index in [1.54, 1.807) is 6.92 Å². The predicted octanol–water partition coefficient (Wildman–Crippen LogP) is 2.70. The highest BCUT2D eigenvalue weighted by molar-refractivity contribution is 7.07. The van der Waals surface area contributed by atoms with Crippen molar-refractivity contribution in [2.75, 3.05) is 6.54 Å². The summed E-state index contributed by atoms with van der Waals surface area (Å²) in [5, 5.41) is 2.61. The van der Waals surface area contributed by atoms with E-state index < -0.39 is 0 Å². The van der Waals surface area contributed by atoms with Gasteiger partial charge in [0, 0.05) is 29.1 Å².